The minimum absolute atomic E-state index is 0.00889. The van der Waals surface area contributed by atoms with Gasteiger partial charge in [0.2, 0.25) is 5.91 Å². The van der Waals surface area contributed by atoms with Crippen molar-refractivity contribution in [3.05, 3.63) is 45.8 Å². The molecule has 1 fully saturated rings. The summed E-state index contributed by atoms with van der Waals surface area (Å²) >= 11 is 1.43. The highest BCUT2D eigenvalue weighted by atomic mass is 32.1. The van der Waals surface area contributed by atoms with Gasteiger partial charge in [0.05, 0.1) is 12.7 Å². The Kier molecular flexibility index (Phi) is 7.19. The topological polar surface area (TPSA) is 91.7 Å². The number of carbonyl (C=O) groups is 2. The van der Waals surface area contributed by atoms with Gasteiger partial charge >= 0.3 is 6.09 Å². The fourth-order valence-electron chi connectivity index (χ4n) is 4.50. The van der Waals surface area contributed by atoms with E-state index < -0.39 is 0 Å². The van der Waals surface area contributed by atoms with Crippen LogP contribution in [-0.2, 0) is 22.4 Å². The van der Waals surface area contributed by atoms with Gasteiger partial charge in [-0.15, -0.1) is 11.3 Å². The summed E-state index contributed by atoms with van der Waals surface area (Å²) in [5, 5.41) is 13.3. The Labute approximate surface area is 198 Å². The Bertz CT molecular complexity index is 1070. The minimum Gasteiger partial charge on any atom is -0.497 e. The molecule has 1 aliphatic heterocycles. The molecule has 4 rings (SSSR count). The Morgan fingerprint density at radius 2 is 2.12 bits per heavy atom. The first-order valence-corrected chi connectivity index (χ1v) is 12.2. The van der Waals surface area contributed by atoms with Crippen molar-refractivity contribution >= 4 is 28.3 Å². The number of methoxy groups -OCH3 is 1. The number of ether oxygens (including phenoxy) is 2. The Hall–Kier alpha value is -3.05. The highest BCUT2D eigenvalue weighted by molar-refractivity contribution is 7.16. The summed E-state index contributed by atoms with van der Waals surface area (Å²) in [5.74, 6) is 0.643. The minimum atomic E-state index is -0.238. The molecule has 2 heterocycles. The molecule has 1 saturated heterocycles. The van der Waals surface area contributed by atoms with Crippen LogP contribution in [0.3, 0.4) is 0 Å². The molecule has 1 aromatic carbocycles. The van der Waals surface area contributed by atoms with Crippen LogP contribution in [0.15, 0.2) is 24.3 Å². The summed E-state index contributed by atoms with van der Waals surface area (Å²) in [6, 6.07) is 9.98. The molecule has 2 aromatic rings. The van der Waals surface area contributed by atoms with Crippen LogP contribution in [-0.4, -0.2) is 43.2 Å². The average Bonchev–Trinajstić information content (AvgIpc) is 3.46. The summed E-state index contributed by atoms with van der Waals surface area (Å²) in [5.41, 5.74) is 2.55. The van der Waals surface area contributed by atoms with E-state index in [-0.39, 0.29) is 24.0 Å². The van der Waals surface area contributed by atoms with Crippen molar-refractivity contribution in [3.63, 3.8) is 0 Å². The molecule has 2 atom stereocenters. The third-order valence-electron chi connectivity index (χ3n) is 6.37. The van der Waals surface area contributed by atoms with Crippen LogP contribution in [0.1, 0.15) is 60.1 Å². The number of likely N-dealkylation sites (tertiary alicyclic amines) is 1. The second-order valence-electron chi connectivity index (χ2n) is 8.69. The molecular formula is C25H29N3O4S. The molecule has 0 spiro atoms. The third-order valence-corrected chi connectivity index (χ3v) is 7.54. The molecule has 7 nitrogen and oxygen atoms in total. The first-order valence-electron chi connectivity index (χ1n) is 11.4. The first-order chi connectivity index (χ1) is 16.0. The maximum atomic E-state index is 12.8. The Morgan fingerprint density at radius 1 is 1.33 bits per heavy atom. The summed E-state index contributed by atoms with van der Waals surface area (Å²) < 4.78 is 11.0. The molecule has 33 heavy (non-hydrogen) atoms. The second kappa shape index (κ2) is 10.3. The monoisotopic (exact) mass is 467 g/mol. The quantitative estimate of drug-likeness (QED) is 0.656. The van der Waals surface area contributed by atoms with Crippen molar-refractivity contribution in [1.29, 1.82) is 5.26 Å². The van der Waals surface area contributed by atoms with Gasteiger partial charge in [-0.3, -0.25) is 4.79 Å². The Balaban J connectivity index is 1.40. The number of benzene rings is 1. The second-order valence-corrected chi connectivity index (χ2v) is 9.80. The fourth-order valence-corrected chi connectivity index (χ4v) is 5.78. The predicted octanol–water partition coefficient (Wildman–Crippen LogP) is 4.85. The van der Waals surface area contributed by atoms with Crippen molar-refractivity contribution in [2.45, 2.75) is 57.5 Å². The number of rotatable bonds is 6. The van der Waals surface area contributed by atoms with Crippen LogP contribution in [0, 0.1) is 11.3 Å². The maximum absolute atomic E-state index is 12.8. The highest BCUT2D eigenvalue weighted by Crippen LogP contribution is 2.39. The molecule has 8 heteroatoms. The zero-order valence-electron chi connectivity index (χ0n) is 19.1. The van der Waals surface area contributed by atoms with Crippen molar-refractivity contribution in [2.24, 2.45) is 0 Å². The van der Waals surface area contributed by atoms with Gasteiger partial charge in [-0.25, -0.2) is 4.79 Å². The molecular weight excluding hydrogens is 438 g/mol. The molecule has 2 amide bonds. The standard InChI is InChI=1S/C25H29N3O4S/c1-16(17-6-5-7-18(13-17)31-2)12-23(29)27-24-21(15-26)20-9-8-19(14-22(20)33-24)32-25(30)28-10-3-4-11-28/h5-7,13,16,19H,3-4,8-12,14H2,1-2H3,(H,27,29). The number of carbonyl (C=O) groups excluding carboxylic acids is 2. The van der Waals surface area contributed by atoms with Gasteiger partial charge < -0.3 is 19.7 Å². The smallest absolute Gasteiger partial charge is 0.410 e. The number of nitriles is 1. The van der Waals surface area contributed by atoms with Crippen LogP contribution in [0.25, 0.3) is 0 Å². The van der Waals surface area contributed by atoms with Crippen molar-refractivity contribution in [2.75, 3.05) is 25.5 Å². The van der Waals surface area contributed by atoms with Crippen LogP contribution in [0.2, 0.25) is 0 Å². The Morgan fingerprint density at radius 3 is 2.85 bits per heavy atom. The number of nitrogens with one attached hydrogen (secondary N) is 1. The molecule has 1 aliphatic carbocycles. The number of nitrogens with zero attached hydrogens (tertiary/aromatic N) is 2. The van der Waals surface area contributed by atoms with Crippen LogP contribution in [0.4, 0.5) is 9.80 Å². The van der Waals surface area contributed by atoms with Gasteiger partial charge in [0, 0.05) is 30.8 Å². The molecule has 0 bridgehead atoms. The van der Waals surface area contributed by atoms with Crippen molar-refractivity contribution < 1.29 is 19.1 Å². The van der Waals surface area contributed by atoms with Crippen LogP contribution < -0.4 is 10.1 Å². The summed E-state index contributed by atoms with van der Waals surface area (Å²) in [4.78, 5) is 27.9. The molecule has 1 N–H and O–H groups in total. The number of anilines is 1. The zero-order chi connectivity index (χ0) is 23.4. The SMILES string of the molecule is COc1cccc(C(C)CC(=O)Nc2sc3c(c2C#N)CCC(OC(=O)N2CCCC2)C3)c1. The van der Waals surface area contributed by atoms with Crippen LogP contribution in [0.5, 0.6) is 5.75 Å². The lowest BCUT2D eigenvalue weighted by Crippen LogP contribution is -2.34. The van der Waals surface area contributed by atoms with E-state index in [1.807, 2.05) is 31.2 Å². The largest absolute Gasteiger partial charge is 0.497 e. The lowest BCUT2D eigenvalue weighted by molar-refractivity contribution is -0.116. The zero-order valence-corrected chi connectivity index (χ0v) is 19.9. The lowest BCUT2D eigenvalue weighted by Gasteiger charge is -2.25. The van der Waals surface area contributed by atoms with E-state index >= 15 is 0 Å². The lowest BCUT2D eigenvalue weighted by atomic mass is 9.93. The molecule has 2 unspecified atom stereocenters. The van der Waals surface area contributed by atoms with E-state index in [1.165, 1.54) is 11.3 Å². The average molecular weight is 468 g/mol. The molecule has 0 saturated carbocycles. The maximum Gasteiger partial charge on any atom is 0.410 e. The molecule has 2 aliphatic rings. The fraction of sp³-hybridized carbons (Fsp3) is 0.480. The van der Waals surface area contributed by atoms with E-state index in [4.69, 9.17) is 9.47 Å². The third kappa shape index (κ3) is 5.31. The first kappa shape index (κ1) is 23.1. The normalized spacial score (nSPS) is 18.2. The summed E-state index contributed by atoms with van der Waals surface area (Å²) in [6.07, 6.45) is 3.88. The van der Waals surface area contributed by atoms with Gasteiger partial charge in [0.15, 0.2) is 0 Å². The van der Waals surface area contributed by atoms with Gasteiger partial charge in [-0.2, -0.15) is 5.26 Å². The van der Waals surface area contributed by atoms with Crippen LogP contribution >= 0.6 is 11.3 Å². The number of hydrogen-bond acceptors (Lipinski definition) is 6. The van der Waals surface area contributed by atoms with Crippen molar-refractivity contribution in [1.82, 2.24) is 4.90 Å². The highest BCUT2D eigenvalue weighted by Gasteiger charge is 2.30. The van der Waals surface area contributed by atoms with Gasteiger partial charge in [0.1, 0.15) is 22.9 Å². The van der Waals surface area contributed by atoms with Gasteiger partial charge in [-0.05, 0) is 54.9 Å². The van der Waals surface area contributed by atoms with E-state index in [2.05, 4.69) is 11.4 Å². The number of hydrogen-bond donors (Lipinski definition) is 1. The van der Waals surface area contributed by atoms with E-state index in [0.717, 1.165) is 47.7 Å². The van der Waals surface area contributed by atoms with E-state index in [1.54, 1.807) is 12.0 Å². The summed E-state index contributed by atoms with van der Waals surface area (Å²) in [6.45, 7) is 3.52. The number of thiophene rings is 1. The number of amides is 2. The van der Waals surface area contributed by atoms with E-state index in [9.17, 15) is 14.9 Å². The number of fused-ring (bicyclic) bond motifs is 1. The predicted molar refractivity (Wildman–Crippen MR) is 127 cm³/mol. The summed E-state index contributed by atoms with van der Waals surface area (Å²) in [7, 11) is 1.62. The van der Waals surface area contributed by atoms with E-state index in [0.29, 0.717) is 36.2 Å². The van der Waals surface area contributed by atoms with Gasteiger partial charge in [-0.1, -0.05) is 19.1 Å². The van der Waals surface area contributed by atoms with Gasteiger partial charge in [0.25, 0.3) is 0 Å². The van der Waals surface area contributed by atoms with Crippen molar-refractivity contribution in [3.8, 4) is 11.8 Å². The molecule has 1 aromatic heterocycles. The molecule has 174 valence electrons. The molecule has 0 radical (unpaired) electrons.